The Morgan fingerprint density at radius 2 is 1.95 bits per heavy atom. The highest BCUT2D eigenvalue weighted by atomic mass is 15.2. The van der Waals surface area contributed by atoms with Crippen molar-refractivity contribution in [1.29, 1.82) is 0 Å². The summed E-state index contributed by atoms with van der Waals surface area (Å²) in [6.07, 6.45) is 3.37. The first kappa shape index (κ1) is 15.3. The highest BCUT2D eigenvalue weighted by molar-refractivity contribution is 5.47. The monoisotopic (exact) mass is 275 g/mol. The predicted octanol–water partition coefficient (Wildman–Crippen LogP) is 3.37. The van der Waals surface area contributed by atoms with Gasteiger partial charge >= 0.3 is 0 Å². The summed E-state index contributed by atoms with van der Waals surface area (Å²) >= 11 is 0. The third-order valence-corrected chi connectivity index (χ3v) is 3.99. The van der Waals surface area contributed by atoms with Crippen LogP contribution in [-0.4, -0.2) is 24.1 Å². The first-order valence-corrected chi connectivity index (χ1v) is 7.89. The lowest BCUT2D eigenvalue weighted by Gasteiger charge is -2.36. The number of aromatic nitrogens is 1. The van der Waals surface area contributed by atoms with Gasteiger partial charge in [0.25, 0.3) is 0 Å². The Morgan fingerprint density at radius 3 is 2.50 bits per heavy atom. The molecular formula is C17H29N3. The molecule has 0 aromatic carbocycles. The lowest BCUT2D eigenvalue weighted by Crippen LogP contribution is -2.39. The van der Waals surface area contributed by atoms with Crippen molar-refractivity contribution in [2.45, 2.75) is 53.6 Å². The average Bonchev–Trinajstić information content (AvgIpc) is 2.35. The van der Waals surface area contributed by atoms with E-state index >= 15 is 0 Å². The summed E-state index contributed by atoms with van der Waals surface area (Å²) in [6.45, 7) is 14.4. The molecule has 0 aliphatic carbocycles. The van der Waals surface area contributed by atoms with E-state index in [1.54, 1.807) is 0 Å². The quantitative estimate of drug-likeness (QED) is 0.913. The number of nitrogens with one attached hydrogen (secondary N) is 1. The van der Waals surface area contributed by atoms with E-state index in [0.29, 0.717) is 6.04 Å². The zero-order chi connectivity index (χ0) is 14.7. The molecule has 2 atom stereocenters. The van der Waals surface area contributed by atoms with Crippen molar-refractivity contribution in [3.63, 3.8) is 0 Å². The Labute approximate surface area is 123 Å². The average molecular weight is 275 g/mol. The standard InChI is InChI=1S/C17H29N3/c1-12(2)18-8-16-7-15(5)17(19-9-16)20-10-13(3)6-14(4)11-20/h7,9,12-14,18H,6,8,10-11H2,1-5H3. The summed E-state index contributed by atoms with van der Waals surface area (Å²) in [4.78, 5) is 7.20. The van der Waals surface area contributed by atoms with Crippen molar-refractivity contribution in [3.05, 3.63) is 23.4 Å². The van der Waals surface area contributed by atoms with Gasteiger partial charge in [-0.25, -0.2) is 4.98 Å². The molecule has 2 unspecified atom stereocenters. The molecule has 3 nitrogen and oxygen atoms in total. The number of hydrogen-bond donors (Lipinski definition) is 1. The normalized spacial score (nSPS) is 23.4. The van der Waals surface area contributed by atoms with Crippen molar-refractivity contribution >= 4 is 5.82 Å². The predicted molar refractivity (Wildman–Crippen MR) is 86.1 cm³/mol. The van der Waals surface area contributed by atoms with Crippen LogP contribution in [0.1, 0.15) is 45.2 Å². The minimum Gasteiger partial charge on any atom is -0.356 e. The van der Waals surface area contributed by atoms with Crippen LogP contribution in [-0.2, 0) is 6.54 Å². The second-order valence-corrected chi connectivity index (χ2v) is 6.87. The minimum absolute atomic E-state index is 0.513. The number of hydrogen-bond acceptors (Lipinski definition) is 3. The summed E-state index contributed by atoms with van der Waals surface area (Å²) in [6, 6.07) is 2.79. The third kappa shape index (κ3) is 3.95. The molecular weight excluding hydrogens is 246 g/mol. The van der Waals surface area contributed by atoms with Gasteiger partial charge in [0.05, 0.1) is 0 Å². The van der Waals surface area contributed by atoms with Crippen LogP contribution < -0.4 is 10.2 Å². The number of aryl methyl sites for hydroxylation is 1. The van der Waals surface area contributed by atoms with Gasteiger partial charge in [0.1, 0.15) is 5.82 Å². The number of anilines is 1. The Morgan fingerprint density at radius 1 is 1.30 bits per heavy atom. The summed E-state index contributed by atoms with van der Waals surface area (Å²) in [5, 5.41) is 3.45. The SMILES string of the molecule is Cc1cc(CNC(C)C)cnc1N1CC(C)CC(C)C1. The van der Waals surface area contributed by atoms with Gasteiger partial charge in [-0.15, -0.1) is 0 Å². The Bertz CT molecular complexity index is 432. The second kappa shape index (κ2) is 6.57. The maximum Gasteiger partial charge on any atom is 0.131 e. The van der Waals surface area contributed by atoms with Crippen LogP contribution in [0.4, 0.5) is 5.82 Å². The van der Waals surface area contributed by atoms with Crippen LogP contribution >= 0.6 is 0 Å². The molecule has 1 saturated heterocycles. The van der Waals surface area contributed by atoms with Crippen molar-refractivity contribution in [3.8, 4) is 0 Å². The molecule has 1 aliphatic heterocycles. The smallest absolute Gasteiger partial charge is 0.131 e. The number of pyridine rings is 1. The van der Waals surface area contributed by atoms with Crippen molar-refractivity contribution in [2.24, 2.45) is 11.8 Å². The number of piperidine rings is 1. The molecule has 2 rings (SSSR count). The van der Waals surface area contributed by atoms with E-state index in [2.05, 4.69) is 50.9 Å². The fourth-order valence-electron chi connectivity index (χ4n) is 3.21. The molecule has 3 heteroatoms. The van der Waals surface area contributed by atoms with E-state index in [1.165, 1.54) is 23.4 Å². The summed E-state index contributed by atoms with van der Waals surface area (Å²) in [5.41, 5.74) is 2.58. The molecule has 2 heterocycles. The fourth-order valence-corrected chi connectivity index (χ4v) is 3.21. The van der Waals surface area contributed by atoms with E-state index in [0.717, 1.165) is 31.5 Å². The lowest BCUT2D eigenvalue weighted by molar-refractivity contribution is 0.355. The minimum atomic E-state index is 0.513. The van der Waals surface area contributed by atoms with Gasteiger partial charge in [-0.3, -0.25) is 0 Å². The summed E-state index contributed by atoms with van der Waals surface area (Å²) < 4.78 is 0. The molecule has 20 heavy (non-hydrogen) atoms. The first-order chi connectivity index (χ1) is 9.45. The number of rotatable bonds is 4. The molecule has 112 valence electrons. The maximum absolute atomic E-state index is 4.73. The zero-order valence-corrected chi connectivity index (χ0v) is 13.6. The van der Waals surface area contributed by atoms with Gasteiger partial charge in [0, 0.05) is 31.9 Å². The summed E-state index contributed by atoms with van der Waals surface area (Å²) in [5.74, 6) is 2.71. The largest absolute Gasteiger partial charge is 0.356 e. The van der Waals surface area contributed by atoms with Crippen molar-refractivity contribution in [2.75, 3.05) is 18.0 Å². The van der Waals surface area contributed by atoms with E-state index < -0.39 is 0 Å². The molecule has 0 amide bonds. The first-order valence-electron chi connectivity index (χ1n) is 7.89. The van der Waals surface area contributed by atoms with E-state index in [1.807, 2.05) is 6.20 Å². The maximum atomic E-state index is 4.73. The van der Waals surface area contributed by atoms with Gasteiger partial charge in [-0.2, -0.15) is 0 Å². The fraction of sp³-hybridized carbons (Fsp3) is 0.706. The van der Waals surface area contributed by atoms with Crippen LogP contribution in [0.2, 0.25) is 0 Å². The molecule has 1 aliphatic rings. The lowest BCUT2D eigenvalue weighted by atomic mass is 9.91. The van der Waals surface area contributed by atoms with E-state index in [4.69, 9.17) is 4.98 Å². The molecule has 1 fully saturated rings. The van der Waals surface area contributed by atoms with E-state index in [9.17, 15) is 0 Å². The van der Waals surface area contributed by atoms with Crippen molar-refractivity contribution in [1.82, 2.24) is 10.3 Å². The van der Waals surface area contributed by atoms with Gasteiger partial charge in [-0.05, 0) is 42.4 Å². The Kier molecular flexibility index (Phi) is 5.03. The van der Waals surface area contributed by atoms with Crippen LogP contribution in [0.25, 0.3) is 0 Å². The zero-order valence-electron chi connectivity index (χ0n) is 13.6. The molecule has 1 N–H and O–H groups in total. The molecule has 0 radical (unpaired) electrons. The van der Waals surface area contributed by atoms with Crippen LogP contribution in [0, 0.1) is 18.8 Å². The molecule has 0 saturated carbocycles. The highest BCUT2D eigenvalue weighted by Gasteiger charge is 2.23. The van der Waals surface area contributed by atoms with Crippen molar-refractivity contribution < 1.29 is 0 Å². The van der Waals surface area contributed by atoms with E-state index in [-0.39, 0.29) is 0 Å². The molecule has 1 aromatic rings. The second-order valence-electron chi connectivity index (χ2n) is 6.87. The highest BCUT2D eigenvalue weighted by Crippen LogP contribution is 2.27. The van der Waals surface area contributed by atoms with Gasteiger partial charge in [0.2, 0.25) is 0 Å². The van der Waals surface area contributed by atoms with Crippen LogP contribution in [0.3, 0.4) is 0 Å². The van der Waals surface area contributed by atoms with Gasteiger partial charge in [0.15, 0.2) is 0 Å². The molecule has 1 aromatic heterocycles. The van der Waals surface area contributed by atoms with Crippen LogP contribution in [0.5, 0.6) is 0 Å². The summed E-state index contributed by atoms with van der Waals surface area (Å²) in [7, 11) is 0. The Balaban J connectivity index is 2.09. The molecule has 0 bridgehead atoms. The van der Waals surface area contributed by atoms with Gasteiger partial charge < -0.3 is 10.2 Å². The topological polar surface area (TPSA) is 28.2 Å². The number of nitrogens with zero attached hydrogens (tertiary/aromatic N) is 2. The van der Waals surface area contributed by atoms with Gasteiger partial charge in [-0.1, -0.05) is 27.7 Å². The Hall–Kier alpha value is -1.09. The third-order valence-electron chi connectivity index (χ3n) is 3.99. The molecule has 0 spiro atoms. The van der Waals surface area contributed by atoms with Crippen LogP contribution in [0.15, 0.2) is 12.3 Å².